The van der Waals surface area contributed by atoms with Crippen LogP contribution >= 0.6 is 15.9 Å². The quantitative estimate of drug-likeness (QED) is 0.904. The molecule has 5 heteroatoms. The zero-order valence-corrected chi connectivity index (χ0v) is 13.5. The van der Waals surface area contributed by atoms with Crippen molar-refractivity contribution in [2.45, 2.75) is 25.8 Å². The minimum Gasteiger partial charge on any atom is -0.313 e. The van der Waals surface area contributed by atoms with Gasteiger partial charge in [0.15, 0.2) is 0 Å². The monoisotopic (exact) mass is 339 g/mol. The SMILES string of the molecule is CCc1cc(CC(NC)c2ccc(Br)cc2F)n(C)n1. The van der Waals surface area contributed by atoms with Gasteiger partial charge < -0.3 is 5.32 Å². The molecule has 0 fully saturated rings. The zero-order valence-electron chi connectivity index (χ0n) is 12.0. The topological polar surface area (TPSA) is 29.9 Å². The summed E-state index contributed by atoms with van der Waals surface area (Å²) in [5.74, 6) is -0.198. The molecule has 0 saturated carbocycles. The summed E-state index contributed by atoms with van der Waals surface area (Å²) in [5.41, 5.74) is 2.84. The molecule has 0 aliphatic heterocycles. The molecule has 0 aliphatic carbocycles. The maximum absolute atomic E-state index is 14.1. The second-order valence-electron chi connectivity index (χ2n) is 4.82. The Kier molecular flexibility index (Phi) is 4.94. The molecule has 0 radical (unpaired) electrons. The van der Waals surface area contributed by atoms with Crippen LogP contribution in [0.5, 0.6) is 0 Å². The maximum atomic E-state index is 14.1. The van der Waals surface area contributed by atoms with Crippen molar-refractivity contribution in [3.8, 4) is 0 Å². The van der Waals surface area contributed by atoms with E-state index in [-0.39, 0.29) is 11.9 Å². The average Bonchev–Trinajstić information content (AvgIpc) is 2.77. The number of halogens is 2. The Bertz CT molecular complexity index is 595. The molecule has 1 N–H and O–H groups in total. The second kappa shape index (κ2) is 6.50. The molecule has 0 saturated heterocycles. The molecule has 2 aromatic rings. The molecule has 3 nitrogen and oxygen atoms in total. The molecule has 1 atom stereocenters. The standard InChI is InChI=1S/C15H19BrFN3/c1-4-11-8-12(20(3)19-11)9-15(18-2)13-6-5-10(16)7-14(13)17/h5-8,15,18H,4,9H2,1-3H3. The molecular weight excluding hydrogens is 321 g/mol. The first-order chi connectivity index (χ1) is 9.55. The summed E-state index contributed by atoms with van der Waals surface area (Å²) >= 11 is 3.28. The summed E-state index contributed by atoms with van der Waals surface area (Å²) in [6, 6.07) is 7.20. The predicted molar refractivity (Wildman–Crippen MR) is 82.2 cm³/mol. The van der Waals surface area contributed by atoms with E-state index in [9.17, 15) is 4.39 Å². The number of hydrogen-bond acceptors (Lipinski definition) is 2. The third-order valence-electron chi connectivity index (χ3n) is 3.49. The molecule has 0 aliphatic rings. The van der Waals surface area contributed by atoms with Crippen LogP contribution in [0.2, 0.25) is 0 Å². The van der Waals surface area contributed by atoms with Gasteiger partial charge in [-0.2, -0.15) is 5.10 Å². The van der Waals surface area contributed by atoms with E-state index in [0.29, 0.717) is 12.0 Å². The Hall–Kier alpha value is -1.20. The third-order valence-corrected chi connectivity index (χ3v) is 3.98. The second-order valence-corrected chi connectivity index (χ2v) is 5.73. The smallest absolute Gasteiger partial charge is 0.129 e. The molecule has 108 valence electrons. The summed E-state index contributed by atoms with van der Waals surface area (Å²) in [5, 5.41) is 7.62. The van der Waals surface area contributed by atoms with Crippen molar-refractivity contribution in [1.82, 2.24) is 15.1 Å². The maximum Gasteiger partial charge on any atom is 0.129 e. The highest BCUT2D eigenvalue weighted by atomic mass is 79.9. The van der Waals surface area contributed by atoms with Crippen LogP contribution in [0.15, 0.2) is 28.7 Å². The number of aromatic nitrogens is 2. The zero-order chi connectivity index (χ0) is 14.7. The van der Waals surface area contributed by atoms with Crippen LogP contribution < -0.4 is 5.32 Å². The molecule has 1 aromatic carbocycles. The van der Waals surface area contributed by atoms with Gasteiger partial charge in [-0.1, -0.05) is 28.9 Å². The van der Waals surface area contributed by atoms with Gasteiger partial charge in [0, 0.05) is 35.2 Å². The summed E-state index contributed by atoms with van der Waals surface area (Å²) in [4.78, 5) is 0. The third kappa shape index (κ3) is 3.27. The predicted octanol–water partition coefficient (Wildman–Crippen LogP) is 3.39. The van der Waals surface area contributed by atoms with Gasteiger partial charge in [0.1, 0.15) is 5.82 Å². The number of hydrogen-bond donors (Lipinski definition) is 1. The van der Waals surface area contributed by atoms with Crippen molar-refractivity contribution in [3.05, 3.63) is 51.5 Å². The summed E-state index contributed by atoms with van der Waals surface area (Å²) in [6.07, 6.45) is 1.61. The number of likely N-dealkylation sites (N-methyl/N-ethyl adjacent to an activating group) is 1. The lowest BCUT2D eigenvalue weighted by Crippen LogP contribution is -2.21. The molecule has 1 unspecified atom stereocenters. The van der Waals surface area contributed by atoms with Crippen LogP contribution in [0.4, 0.5) is 4.39 Å². The largest absolute Gasteiger partial charge is 0.313 e. The molecule has 0 bridgehead atoms. The van der Waals surface area contributed by atoms with Crippen molar-refractivity contribution in [2.24, 2.45) is 7.05 Å². The number of benzene rings is 1. The molecule has 1 heterocycles. The van der Waals surface area contributed by atoms with E-state index < -0.39 is 0 Å². The number of rotatable bonds is 5. The Morgan fingerprint density at radius 1 is 1.40 bits per heavy atom. The number of aryl methyl sites for hydroxylation is 2. The summed E-state index contributed by atoms with van der Waals surface area (Å²) < 4.78 is 16.7. The Morgan fingerprint density at radius 3 is 2.70 bits per heavy atom. The van der Waals surface area contributed by atoms with Crippen LogP contribution in [-0.2, 0) is 19.9 Å². The van der Waals surface area contributed by atoms with Gasteiger partial charge in [-0.05, 0) is 31.7 Å². The normalized spacial score (nSPS) is 12.7. The van der Waals surface area contributed by atoms with E-state index >= 15 is 0 Å². The van der Waals surface area contributed by atoms with Gasteiger partial charge >= 0.3 is 0 Å². The van der Waals surface area contributed by atoms with Crippen molar-refractivity contribution >= 4 is 15.9 Å². The molecule has 0 amide bonds. The van der Waals surface area contributed by atoms with E-state index in [4.69, 9.17) is 0 Å². The first-order valence-corrected chi connectivity index (χ1v) is 7.48. The highest BCUT2D eigenvalue weighted by Crippen LogP contribution is 2.24. The van der Waals surface area contributed by atoms with Crippen molar-refractivity contribution in [1.29, 1.82) is 0 Å². The van der Waals surface area contributed by atoms with Crippen molar-refractivity contribution < 1.29 is 4.39 Å². The lowest BCUT2D eigenvalue weighted by Gasteiger charge is -2.17. The van der Waals surface area contributed by atoms with Gasteiger partial charge in [0.25, 0.3) is 0 Å². The molecule has 1 aromatic heterocycles. The Morgan fingerprint density at radius 2 is 2.15 bits per heavy atom. The lowest BCUT2D eigenvalue weighted by atomic mass is 10.0. The van der Waals surface area contributed by atoms with Crippen LogP contribution in [0.1, 0.15) is 29.9 Å². The fourth-order valence-corrected chi connectivity index (χ4v) is 2.63. The van der Waals surface area contributed by atoms with E-state index in [1.165, 1.54) is 6.07 Å². The molecule has 2 rings (SSSR count). The van der Waals surface area contributed by atoms with Gasteiger partial charge in [0.05, 0.1) is 5.69 Å². The van der Waals surface area contributed by atoms with Gasteiger partial charge in [-0.15, -0.1) is 0 Å². The average molecular weight is 340 g/mol. The minimum atomic E-state index is -0.198. The summed E-state index contributed by atoms with van der Waals surface area (Å²) in [7, 11) is 3.78. The van der Waals surface area contributed by atoms with Gasteiger partial charge in [0.2, 0.25) is 0 Å². The van der Waals surface area contributed by atoms with Crippen LogP contribution in [-0.4, -0.2) is 16.8 Å². The van der Waals surface area contributed by atoms with E-state index in [0.717, 1.165) is 22.3 Å². The van der Waals surface area contributed by atoms with E-state index in [1.54, 1.807) is 0 Å². The van der Waals surface area contributed by atoms with Crippen LogP contribution in [0.3, 0.4) is 0 Å². The van der Waals surface area contributed by atoms with Gasteiger partial charge in [-0.25, -0.2) is 4.39 Å². The fraction of sp³-hybridized carbons (Fsp3) is 0.400. The molecular formula is C15H19BrFN3. The van der Waals surface area contributed by atoms with Crippen LogP contribution in [0.25, 0.3) is 0 Å². The highest BCUT2D eigenvalue weighted by Gasteiger charge is 2.17. The molecule has 20 heavy (non-hydrogen) atoms. The van der Waals surface area contributed by atoms with E-state index in [2.05, 4.69) is 39.3 Å². The Labute approximate surface area is 127 Å². The van der Waals surface area contributed by atoms with Crippen molar-refractivity contribution in [3.63, 3.8) is 0 Å². The van der Waals surface area contributed by atoms with Gasteiger partial charge in [-0.3, -0.25) is 4.68 Å². The number of nitrogens with one attached hydrogen (secondary N) is 1. The first-order valence-electron chi connectivity index (χ1n) is 6.69. The van der Waals surface area contributed by atoms with E-state index in [1.807, 2.05) is 30.9 Å². The highest BCUT2D eigenvalue weighted by molar-refractivity contribution is 9.10. The number of nitrogens with zero attached hydrogens (tertiary/aromatic N) is 2. The fourth-order valence-electron chi connectivity index (χ4n) is 2.30. The summed E-state index contributed by atoms with van der Waals surface area (Å²) in [6.45, 7) is 2.08. The minimum absolute atomic E-state index is 0.0665. The lowest BCUT2D eigenvalue weighted by molar-refractivity contribution is 0.519. The molecule has 0 spiro atoms. The first kappa shape index (κ1) is 15.2. The van der Waals surface area contributed by atoms with Crippen LogP contribution in [0, 0.1) is 5.82 Å². The van der Waals surface area contributed by atoms with Crippen molar-refractivity contribution in [2.75, 3.05) is 7.05 Å². The Balaban J connectivity index is 2.26.